The first-order valence-corrected chi connectivity index (χ1v) is 15.9. The third-order valence-corrected chi connectivity index (χ3v) is 9.06. The smallest absolute Gasteiger partial charge is 0.274 e. The molecular formula is C35H28N4O2S2. The van der Waals surface area contributed by atoms with Gasteiger partial charge in [-0.2, -0.15) is 0 Å². The molecule has 0 unspecified atom stereocenters. The number of rotatable bonds is 10. The van der Waals surface area contributed by atoms with E-state index < -0.39 is 0 Å². The summed E-state index contributed by atoms with van der Waals surface area (Å²) >= 11 is 3.42. The van der Waals surface area contributed by atoms with E-state index >= 15 is 0 Å². The molecule has 2 aromatic heterocycles. The predicted octanol–water partition coefficient (Wildman–Crippen LogP) is 8.56. The van der Waals surface area contributed by atoms with Gasteiger partial charge in [0.15, 0.2) is 0 Å². The fourth-order valence-electron chi connectivity index (χ4n) is 4.57. The molecule has 0 saturated carbocycles. The van der Waals surface area contributed by atoms with Gasteiger partial charge in [-0.05, 0) is 66.5 Å². The molecule has 2 heterocycles. The summed E-state index contributed by atoms with van der Waals surface area (Å²) in [6.45, 7) is 0. The second kappa shape index (κ2) is 13.5. The Morgan fingerprint density at radius 2 is 0.930 bits per heavy atom. The van der Waals surface area contributed by atoms with Crippen LogP contribution in [0.1, 0.15) is 27.4 Å². The molecule has 43 heavy (non-hydrogen) atoms. The Labute approximate surface area is 258 Å². The summed E-state index contributed by atoms with van der Waals surface area (Å²) in [5.74, 6) is 1.30. The number of fused-ring (bicyclic) bond motifs is 2. The number of aromatic nitrogens is 2. The number of carbonyl (C=O) groups is 2. The van der Waals surface area contributed by atoms with Crippen LogP contribution in [0.5, 0.6) is 0 Å². The van der Waals surface area contributed by atoms with Gasteiger partial charge in [-0.25, -0.2) is 9.97 Å². The van der Waals surface area contributed by atoms with E-state index in [9.17, 15) is 9.59 Å². The molecule has 0 saturated heterocycles. The number of hydrogen-bond donors (Lipinski definition) is 2. The molecule has 0 aliphatic rings. The van der Waals surface area contributed by atoms with E-state index in [4.69, 9.17) is 0 Å². The van der Waals surface area contributed by atoms with Crippen LogP contribution in [0.2, 0.25) is 0 Å². The van der Waals surface area contributed by atoms with Crippen LogP contribution in [0.15, 0.2) is 131 Å². The van der Waals surface area contributed by atoms with Crippen LogP contribution in [0.4, 0.5) is 11.4 Å². The maximum atomic E-state index is 13.0. The van der Waals surface area contributed by atoms with Crippen LogP contribution in [-0.2, 0) is 0 Å². The summed E-state index contributed by atoms with van der Waals surface area (Å²) < 4.78 is 0. The van der Waals surface area contributed by atoms with E-state index in [-0.39, 0.29) is 11.8 Å². The fourth-order valence-corrected chi connectivity index (χ4v) is 6.67. The number of nitrogens with one attached hydrogen (secondary N) is 2. The van der Waals surface area contributed by atoms with Crippen molar-refractivity contribution in [3.63, 3.8) is 0 Å². The summed E-state index contributed by atoms with van der Waals surface area (Å²) in [5.41, 5.74) is 3.91. The standard InChI is InChI=1S/C35H28N4O2S2/c40-34(30-20-18-24-10-1-3-12-26(24)36-30)38-28-14-5-7-16-32(28)42-22-9-23-43-33-17-8-6-15-29(33)39-35(41)31-21-19-25-11-2-4-13-27(25)37-31/h1-8,10-21H,9,22-23H2,(H,38,40)(H,39,41). The first-order chi connectivity index (χ1) is 21.1. The van der Waals surface area contributed by atoms with Crippen LogP contribution in [-0.4, -0.2) is 33.3 Å². The van der Waals surface area contributed by atoms with Gasteiger partial charge in [0, 0.05) is 20.6 Å². The molecule has 4 aromatic carbocycles. The van der Waals surface area contributed by atoms with Crippen LogP contribution >= 0.6 is 23.5 Å². The zero-order chi connectivity index (χ0) is 29.4. The molecule has 8 heteroatoms. The summed E-state index contributed by atoms with van der Waals surface area (Å²) in [6.07, 6.45) is 0.943. The van der Waals surface area contributed by atoms with Gasteiger partial charge < -0.3 is 10.6 Å². The number of pyridine rings is 2. The molecule has 0 aliphatic carbocycles. The normalized spacial score (nSPS) is 11.0. The van der Waals surface area contributed by atoms with Crippen molar-refractivity contribution >= 4 is 68.5 Å². The van der Waals surface area contributed by atoms with Crippen molar-refractivity contribution in [2.45, 2.75) is 16.2 Å². The van der Waals surface area contributed by atoms with Gasteiger partial charge in [0.25, 0.3) is 11.8 Å². The van der Waals surface area contributed by atoms with Crippen LogP contribution in [0.25, 0.3) is 21.8 Å². The zero-order valence-electron chi connectivity index (χ0n) is 23.2. The first-order valence-electron chi connectivity index (χ1n) is 13.9. The summed E-state index contributed by atoms with van der Waals surface area (Å²) in [5, 5.41) is 8.07. The van der Waals surface area contributed by atoms with Crippen molar-refractivity contribution < 1.29 is 9.59 Å². The Morgan fingerprint density at radius 3 is 1.42 bits per heavy atom. The molecule has 212 valence electrons. The van der Waals surface area contributed by atoms with Gasteiger partial charge in [0.1, 0.15) is 11.4 Å². The lowest BCUT2D eigenvalue weighted by atomic mass is 10.2. The Balaban J connectivity index is 1.02. The van der Waals surface area contributed by atoms with Crippen molar-refractivity contribution in [2.75, 3.05) is 22.1 Å². The number of nitrogens with zero attached hydrogens (tertiary/aromatic N) is 2. The molecule has 0 spiro atoms. The highest BCUT2D eigenvalue weighted by atomic mass is 32.2. The third-order valence-electron chi connectivity index (χ3n) is 6.74. The molecular weight excluding hydrogens is 573 g/mol. The minimum absolute atomic E-state index is 0.230. The minimum atomic E-state index is -0.230. The van der Waals surface area contributed by atoms with E-state index in [1.54, 1.807) is 35.7 Å². The molecule has 2 N–H and O–H groups in total. The predicted molar refractivity (Wildman–Crippen MR) is 178 cm³/mol. The number of para-hydroxylation sites is 4. The van der Waals surface area contributed by atoms with E-state index in [1.165, 1.54) is 0 Å². The maximum Gasteiger partial charge on any atom is 0.274 e. The van der Waals surface area contributed by atoms with Crippen LogP contribution in [0, 0.1) is 0 Å². The van der Waals surface area contributed by atoms with Gasteiger partial charge in [-0.3, -0.25) is 9.59 Å². The lowest BCUT2D eigenvalue weighted by Crippen LogP contribution is -2.14. The Hall–Kier alpha value is -4.66. The Bertz CT molecular complexity index is 1790. The SMILES string of the molecule is O=C(Nc1ccccc1SCCCSc1ccccc1NC(=O)c1ccc2ccccc2n1)c1ccc2ccccc2n1. The number of amides is 2. The molecule has 0 bridgehead atoms. The van der Waals surface area contributed by atoms with Crippen molar-refractivity contribution in [2.24, 2.45) is 0 Å². The molecule has 6 aromatic rings. The average molecular weight is 601 g/mol. The number of hydrogen-bond acceptors (Lipinski definition) is 6. The van der Waals surface area contributed by atoms with E-state index in [0.29, 0.717) is 11.4 Å². The highest BCUT2D eigenvalue weighted by Crippen LogP contribution is 2.31. The van der Waals surface area contributed by atoms with Gasteiger partial charge >= 0.3 is 0 Å². The largest absolute Gasteiger partial charge is 0.320 e. The second-order valence-electron chi connectivity index (χ2n) is 9.73. The lowest BCUT2D eigenvalue weighted by Gasteiger charge is -2.12. The zero-order valence-corrected chi connectivity index (χ0v) is 24.8. The van der Waals surface area contributed by atoms with E-state index in [2.05, 4.69) is 20.6 Å². The number of benzene rings is 4. The van der Waals surface area contributed by atoms with Crippen molar-refractivity contribution in [3.05, 3.63) is 133 Å². The quantitative estimate of drug-likeness (QED) is 0.121. The molecule has 6 nitrogen and oxygen atoms in total. The van der Waals surface area contributed by atoms with Crippen LogP contribution < -0.4 is 10.6 Å². The van der Waals surface area contributed by atoms with Gasteiger partial charge in [0.2, 0.25) is 0 Å². The Morgan fingerprint density at radius 1 is 0.512 bits per heavy atom. The molecule has 2 amide bonds. The molecule has 6 rings (SSSR count). The highest BCUT2D eigenvalue weighted by molar-refractivity contribution is 8.00. The monoisotopic (exact) mass is 600 g/mol. The van der Waals surface area contributed by atoms with Crippen LogP contribution in [0.3, 0.4) is 0 Å². The molecule has 0 radical (unpaired) electrons. The number of anilines is 2. The van der Waals surface area contributed by atoms with Crippen molar-refractivity contribution in [3.8, 4) is 0 Å². The minimum Gasteiger partial charge on any atom is -0.320 e. The second-order valence-corrected chi connectivity index (χ2v) is 12.0. The first kappa shape index (κ1) is 28.5. The van der Waals surface area contributed by atoms with Gasteiger partial charge in [0.05, 0.1) is 22.4 Å². The topological polar surface area (TPSA) is 84.0 Å². The molecule has 0 atom stereocenters. The molecule has 0 aliphatic heterocycles. The third kappa shape index (κ3) is 7.05. The van der Waals surface area contributed by atoms with Gasteiger partial charge in [-0.15, -0.1) is 23.5 Å². The summed E-state index contributed by atoms with van der Waals surface area (Å²) in [4.78, 5) is 37.0. The van der Waals surface area contributed by atoms with Gasteiger partial charge in [-0.1, -0.05) is 72.8 Å². The number of carbonyl (C=O) groups excluding carboxylic acids is 2. The van der Waals surface area contributed by atoms with Crippen molar-refractivity contribution in [1.29, 1.82) is 0 Å². The van der Waals surface area contributed by atoms with Crippen molar-refractivity contribution in [1.82, 2.24) is 9.97 Å². The maximum absolute atomic E-state index is 13.0. The molecule has 0 fully saturated rings. The Kier molecular flexibility index (Phi) is 8.96. The van der Waals surface area contributed by atoms with E-state index in [1.807, 2.05) is 109 Å². The van der Waals surface area contributed by atoms with E-state index in [0.717, 1.165) is 60.9 Å². The number of thioether (sulfide) groups is 2. The fraction of sp³-hybridized carbons (Fsp3) is 0.0857. The highest BCUT2D eigenvalue weighted by Gasteiger charge is 2.13. The summed E-state index contributed by atoms with van der Waals surface area (Å²) in [7, 11) is 0. The lowest BCUT2D eigenvalue weighted by molar-refractivity contribution is 0.101. The average Bonchev–Trinajstić information content (AvgIpc) is 3.05. The summed E-state index contributed by atoms with van der Waals surface area (Å²) in [6, 6.07) is 38.5.